The lowest BCUT2D eigenvalue weighted by molar-refractivity contribution is -0.117. The van der Waals surface area contributed by atoms with Gasteiger partial charge in [-0.2, -0.15) is 0 Å². The van der Waals surface area contributed by atoms with Gasteiger partial charge in [0, 0.05) is 5.69 Å². The van der Waals surface area contributed by atoms with Crippen molar-refractivity contribution in [2.45, 2.75) is 13.0 Å². The maximum Gasteiger partial charge on any atom is 0.241 e. The van der Waals surface area contributed by atoms with Gasteiger partial charge in [0.05, 0.1) is 16.1 Å². The average Bonchev–Trinajstić information content (AvgIpc) is 2.22. The fourth-order valence-corrected chi connectivity index (χ4v) is 1.25. The van der Waals surface area contributed by atoms with Crippen LogP contribution in [0.3, 0.4) is 0 Å². The summed E-state index contributed by atoms with van der Waals surface area (Å²) in [6.07, 6.45) is 0. The van der Waals surface area contributed by atoms with Gasteiger partial charge < -0.3 is 10.6 Å². The van der Waals surface area contributed by atoms with Crippen molar-refractivity contribution in [2.75, 3.05) is 12.4 Å². The summed E-state index contributed by atoms with van der Waals surface area (Å²) in [4.78, 5) is 11.5. The van der Waals surface area contributed by atoms with Gasteiger partial charge in [-0.15, -0.1) is 0 Å². The summed E-state index contributed by atoms with van der Waals surface area (Å²) >= 11 is 11.6. The number of likely N-dealkylation sites (N-methyl/N-ethyl adjacent to an activating group) is 1. The number of rotatable bonds is 3. The Morgan fingerprint density at radius 2 is 2.00 bits per heavy atom. The Hall–Kier alpha value is -0.770. The van der Waals surface area contributed by atoms with E-state index in [-0.39, 0.29) is 11.9 Å². The van der Waals surface area contributed by atoms with E-state index in [1.807, 2.05) is 0 Å². The highest BCUT2D eigenvalue weighted by atomic mass is 35.5. The maximum atomic E-state index is 11.5. The average molecular weight is 247 g/mol. The van der Waals surface area contributed by atoms with E-state index in [4.69, 9.17) is 23.2 Å². The third kappa shape index (κ3) is 3.38. The van der Waals surface area contributed by atoms with Gasteiger partial charge in [0.2, 0.25) is 5.91 Å². The van der Waals surface area contributed by atoms with Crippen LogP contribution in [0.2, 0.25) is 10.0 Å². The molecule has 0 radical (unpaired) electrons. The molecule has 0 saturated heterocycles. The Morgan fingerprint density at radius 1 is 1.33 bits per heavy atom. The van der Waals surface area contributed by atoms with E-state index in [0.29, 0.717) is 15.7 Å². The van der Waals surface area contributed by atoms with Crippen LogP contribution in [-0.2, 0) is 4.79 Å². The van der Waals surface area contributed by atoms with Crippen molar-refractivity contribution in [1.29, 1.82) is 0 Å². The Bertz CT molecular complexity index is 368. The van der Waals surface area contributed by atoms with E-state index >= 15 is 0 Å². The van der Waals surface area contributed by atoms with E-state index in [1.54, 1.807) is 32.2 Å². The molecule has 0 bridgehead atoms. The van der Waals surface area contributed by atoms with E-state index < -0.39 is 0 Å². The van der Waals surface area contributed by atoms with E-state index in [9.17, 15) is 4.79 Å². The smallest absolute Gasteiger partial charge is 0.241 e. The number of hydrogen-bond acceptors (Lipinski definition) is 2. The molecule has 1 aromatic carbocycles. The second-order valence-corrected chi connectivity index (χ2v) is 3.94. The summed E-state index contributed by atoms with van der Waals surface area (Å²) in [6, 6.07) is 4.71. The first-order valence-electron chi connectivity index (χ1n) is 4.47. The molecule has 5 heteroatoms. The molecular formula is C10H12Cl2N2O. The van der Waals surface area contributed by atoms with E-state index in [1.165, 1.54) is 0 Å². The lowest BCUT2D eigenvalue weighted by Gasteiger charge is -2.11. The van der Waals surface area contributed by atoms with Crippen LogP contribution in [0.4, 0.5) is 5.69 Å². The maximum absolute atomic E-state index is 11.5. The molecule has 0 saturated carbocycles. The topological polar surface area (TPSA) is 41.1 Å². The first-order valence-corrected chi connectivity index (χ1v) is 5.23. The summed E-state index contributed by atoms with van der Waals surface area (Å²) in [5, 5.41) is 6.45. The number of nitrogens with one attached hydrogen (secondary N) is 2. The molecular weight excluding hydrogens is 235 g/mol. The summed E-state index contributed by atoms with van der Waals surface area (Å²) in [7, 11) is 1.72. The van der Waals surface area contributed by atoms with Crippen molar-refractivity contribution in [3.63, 3.8) is 0 Å². The van der Waals surface area contributed by atoms with Gasteiger partial charge in [-0.1, -0.05) is 23.2 Å². The zero-order valence-corrected chi connectivity index (χ0v) is 9.99. The number of carbonyl (C=O) groups is 1. The zero-order chi connectivity index (χ0) is 11.4. The Morgan fingerprint density at radius 3 is 2.53 bits per heavy atom. The quantitative estimate of drug-likeness (QED) is 0.861. The minimum Gasteiger partial charge on any atom is -0.325 e. The predicted molar refractivity (Wildman–Crippen MR) is 63.6 cm³/mol. The molecule has 1 aromatic rings. The number of hydrogen-bond donors (Lipinski definition) is 2. The second kappa shape index (κ2) is 5.35. The summed E-state index contributed by atoms with van der Waals surface area (Å²) < 4.78 is 0. The molecule has 0 aliphatic carbocycles. The molecule has 0 fully saturated rings. The highest BCUT2D eigenvalue weighted by Gasteiger charge is 2.10. The van der Waals surface area contributed by atoms with Gasteiger partial charge in [0.15, 0.2) is 0 Å². The lowest BCUT2D eigenvalue weighted by Crippen LogP contribution is -2.35. The van der Waals surface area contributed by atoms with Crippen LogP contribution in [0.25, 0.3) is 0 Å². The second-order valence-electron chi connectivity index (χ2n) is 3.13. The van der Waals surface area contributed by atoms with Gasteiger partial charge >= 0.3 is 0 Å². The number of halogens is 2. The van der Waals surface area contributed by atoms with E-state index in [0.717, 1.165) is 0 Å². The SMILES string of the molecule is CNC(C)C(=O)Nc1ccc(Cl)c(Cl)c1. The highest BCUT2D eigenvalue weighted by Crippen LogP contribution is 2.24. The molecule has 15 heavy (non-hydrogen) atoms. The van der Waals surface area contributed by atoms with Crippen molar-refractivity contribution >= 4 is 34.8 Å². The van der Waals surface area contributed by atoms with Crippen molar-refractivity contribution < 1.29 is 4.79 Å². The minimum atomic E-state index is -0.251. The largest absolute Gasteiger partial charge is 0.325 e. The van der Waals surface area contributed by atoms with Crippen LogP contribution in [0.1, 0.15) is 6.92 Å². The molecule has 1 unspecified atom stereocenters. The van der Waals surface area contributed by atoms with Gasteiger partial charge in [-0.25, -0.2) is 0 Å². The van der Waals surface area contributed by atoms with Crippen LogP contribution in [-0.4, -0.2) is 19.0 Å². The summed E-state index contributed by atoms with van der Waals surface area (Å²) in [5.41, 5.74) is 0.636. The number of benzene rings is 1. The first-order chi connectivity index (χ1) is 7.04. The molecule has 1 atom stereocenters. The van der Waals surface area contributed by atoms with Crippen molar-refractivity contribution in [3.8, 4) is 0 Å². The van der Waals surface area contributed by atoms with Crippen LogP contribution in [0.5, 0.6) is 0 Å². The molecule has 82 valence electrons. The Kier molecular flexibility index (Phi) is 4.39. The standard InChI is InChI=1S/C10H12Cl2N2O/c1-6(13-2)10(15)14-7-3-4-8(11)9(12)5-7/h3-6,13H,1-2H3,(H,14,15). The van der Waals surface area contributed by atoms with Crippen molar-refractivity contribution in [1.82, 2.24) is 5.32 Å². The van der Waals surface area contributed by atoms with Crippen molar-refractivity contribution in [2.24, 2.45) is 0 Å². The Balaban J connectivity index is 2.73. The minimum absolute atomic E-state index is 0.115. The predicted octanol–water partition coefficient (Wildman–Crippen LogP) is 2.54. The van der Waals surface area contributed by atoms with E-state index in [2.05, 4.69) is 10.6 Å². The lowest BCUT2D eigenvalue weighted by atomic mass is 10.2. The van der Waals surface area contributed by atoms with Gasteiger partial charge in [-0.05, 0) is 32.2 Å². The molecule has 2 N–H and O–H groups in total. The molecule has 0 aliphatic heterocycles. The summed E-state index contributed by atoms with van der Waals surface area (Å²) in [5.74, 6) is -0.115. The van der Waals surface area contributed by atoms with Crippen LogP contribution in [0, 0.1) is 0 Å². The number of carbonyl (C=O) groups excluding carboxylic acids is 1. The first kappa shape index (κ1) is 12.3. The fraction of sp³-hybridized carbons (Fsp3) is 0.300. The zero-order valence-electron chi connectivity index (χ0n) is 8.47. The molecule has 0 spiro atoms. The van der Waals surface area contributed by atoms with Crippen molar-refractivity contribution in [3.05, 3.63) is 28.2 Å². The number of anilines is 1. The molecule has 3 nitrogen and oxygen atoms in total. The fourth-order valence-electron chi connectivity index (χ4n) is 0.955. The van der Waals surface area contributed by atoms with Crippen LogP contribution >= 0.6 is 23.2 Å². The van der Waals surface area contributed by atoms with Gasteiger partial charge in [-0.3, -0.25) is 4.79 Å². The third-order valence-corrected chi connectivity index (χ3v) is 2.75. The normalized spacial score (nSPS) is 12.3. The molecule has 0 heterocycles. The third-order valence-electron chi connectivity index (χ3n) is 2.01. The highest BCUT2D eigenvalue weighted by molar-refractivity contribution is 6.42. The summed E-state index contributed by atoms with van der Waals surface area (Å²) in [6.45, 7) is 1.77. The van der Waals surface area contributed by atoms with Crippen LogP contribution in [0.15, 0.2) is 18.2 Å². The van der Waals surface area contributed by atoms with Gasteiger partial charge in [0.1, 0.15) is 0 Å². The number of amides is 1. The molecule has 0 aromatic heterocycles. The molecule has 1 rings (SSSR count). The Labute approximate surface area is 98.8 Å². The molecule has 1 amide bonds. The molecule has 0 aliphatic rings. The van der Waals surface area contributed by atoms with Gasteiger partial charge in [0.25, 0.3) is 0 Å². The van der Waals surface area contributed by atoms with Crippen LogP contribution < -0.4 is 10.6 Å². The monoisotopic (exact) mass is 246 g/mol.